The van der Waals surface area contributed by atoms with Crippen molar-refractivity contribution in [1.82, 2.24) is 4.90 Å². The highest BCUT2D eigenvalue weighted by Crippen LogP contribution is 2.24. The van der Waals surface area contributed by atoms with Gasteiger partial charge in [0.05, 0.1) is 0 Å². The summed E-state index contributed by atoms with van der Waals surface area (Å²) in [6.45, 7) is 10.4. The third-order valence-corrected chi connectivity index (χ3v) is 4.79. The first kappa shape index (κ1) is 19.1. The van der Waals surface area contributed by atoms with E-state index in [0.717, 1.165) is 43.4 Å². The Morgan fingerprint density at radius 2 is 2.00 bits per heavy atom. The number of carbonyl (C=O) groups excluding carboxylic acids is 1. The largest absolute Gasteiger partial charge is 0.444 e. The lowest BCUT2D eigenvalue weighted by Gasteiger charge is -2.33. The summed E-state index contributed by atoms with van der Waals surface area (Å²) in [4.78, 5) is 13.9. The Kier molecular flexibility index (Phi) is 6.55. The first-order valence-electron chi connectivity index (χ1n) is 8.78. The van der Waals surface area contributed by atoms with Crippen LogP contribution in [0.25, 0.3) is 0 Å². The number of aryl methyl sites for hydroxylation is 1. The molecule has 1 aromatic rings. The number of nitrogens with one attached hydrogen (secondary N) is 1. The van der Waals surface area contributed by atoms with Crippen LogP contribution in [0.4, 0.5) is 10.5 Å². The standard InChI is InChI=1S/C19H29BrN2O2/c1-5-15-12-16(20)6-7-17(15)21-13-14-8-10-22(11-9-14)18(23)24-19(2,3)4/h6-7,12,14,21H,5,8-11,13H2,1-4H3. The molecule has 1 aliphatic rings. The molecule has 0 saturated carbocycles. The number of likely N-dealkylation sites (tertiary alicyclic amines) is 1. The molecule has 2 rings (SSSR count). The number of amides is 1. The molecule has 4 nitrogen and oxygen atoms in total. The third kappa shape index (κ3) is 5.69. The van der Waals surface area contributed by atoms with E-state index in [2.05, 4.69) is 46.4 Å². The summed E-state index contributed by atoms with van der Waals surface area (Å²) in [5.74, 6) is 0.594. The van der Waals surface area contributed by atoms with Gasteiger partial charge in [-0.05, 0) is 69.7 Å². The van der Waals surface area contributed by atoms with Gasteiger partial charge in [0, 0.05) is 29.8 Å². The van der Waals surface area contributed by atoms with Crippen LogP contribution in [0, 0.1) is 5.92 Å². The zero-order valence-electron chi connectivity index (χ0n) is 15.2. The lowest BCUT2D eigenvalue weighted by atomic mass is 9.96. The molecule has 24 heavy (non-hydrogen) atoms. The third-order valence-electron chi connectivity index (χ3n) is 4.30. The summed E-state index contributed by atoms with van der Waals surface area (Å²) in [6.07, 6.45) is 2.86. The molecule has 1 saturated heterocycles. The number of hydrogen-bond donors (Lipinski definition) is 1. The van der Waals surface area contributed by atoms with E-state index in [9.17, 15) is 4.79 Å². The molecule has 1 aromatic carbocycles. The van der Waals surface area contributed by atoms with Crippen molar-refractivity contribution in [1.29, 1.82) is 0 Å². The molecule has 0 atom stereocenters. The molecule has 134 valence electrons. The maximum Gasteiger partial charge on any atom is 0.410 e. The average Bonchev–Trinajstić information content (AvgIpc) is 2.52. The fourth-order valence-corrected chi connectivity index (χ4v) is 3.34. The van der Waals surface area contributed by atoms with Crippen molar-refractivity contribution < 1.29 is 9.53 Å². The molecule has 0 unspecified atom stereocenters. The minimum Gasteiger partial charge on any atom is -0.444 e. The van der Waals surface area contributed by atoms with E-state index in [1.165, 1.54) is 11.3 Å². The summed E-state index contributed by atoms with van der Waals surface area (Å²) < 4.78 is 6.57. The number of nitrogens with zero attached hydrogens (tertiary/aromatic N) is 1. The molecule has 1 aliphatic heterocycles. The van der Waals surface area contributed by atoms with E-state index >= 15 is 0 Å². The Bertz CT molecular complexity index is 561. The Morgan fingerprint density at radius 3 is 2.58 bits per heavy atom. The number of benzene rings is 1. The number of carbonyl (C=O) groups is 1. The molecule has 5 heteroatoms. The molecule has 0 aromatic heterocycles. The predicted octanol–water partition coefficient (Wildman–Crippen LogP) is 5.07. The van der Waals surface area contributed by atoms with Crippen LogP contribution < -0.4 is 5.32 Å². The molecular formula is C19H29BrN2O2. The van der Waals surface area contributed by atoms with Gasteiger partial charge in [0.25, 0.3) is 0 Å². The second kappa shape index (κ2) is 8.24. The van der Waals surface area contributed by atoms with E-state index < -0.39 is 5.60 Å². The summed E-state index contributed by atoms with van der Waals surface area (Å²) in [5, 5.41) is 3.59. The molecule has 0 radical (unpaired) electrons. The lowest BCUT2D eigenvalue weighted by Crippen LogP contribution is -2.42. The van der Waals surface area contributed by atoms with Crippen molar-refractivity contribution in [3.05, 3.63) is 28.2 Å². The number of halogens is 1. The monoisotopic (exact) mass is 396 g/mol. The number of anilines is 1. The topological polar surface area (TPSA) is 41.6 Å². The highest BCUT2D eigenvalue weighted by molar-refractivity contribution is 9.10. The molecule has 1 heterocycles. The maximum atomic E-state index is 12.1. The average molecular weight is 397 g/mol. The summed E-state index contributed by atoms with van der Waals surface area (Å²) in [7, 11) is 0. The number of ether oxygens (including phenoxy) is 1. The molecular weight excluding hydrogens is 368 g/mol. The van der Waals surface area contributed by atoms with Crippen molar-refractivity contribution in [3.63, 3.8) is 0 Å². The molecule has 0 spiro atoms. The van der Waals surface area contributed by atoms with Gasteiger partial charge in [0.1, 0.15) is 5.60 Å². The van der Waals surface area contributed by atoms with Crippen molar-refractivity contribution in [2.24, 2.45) is 5.92 Å². The van der Waals surface area contributed by atoms with Crippen LogP contribution in [0.15, 0.2) is 22.7 Å². The molecule has 0 bridgehead atoms. The van der Waals surface area contributed by atoms with E-state index in [0.29, 0.717) is 5.92 Å². The fraction of sp³-hybridized carbons (Fsp3) is 0.632. The molecule has 1 fully saturated rings. The van der Waals surface area contributed by atoms with Crippen LogP contribution in [0.5, 0.6) is 0 Å². The Morgan fingerprint density at radius 1 is 1.33 bits per heavy atom. The highest BCUT2D eigenvalue weighted by atomic mass is 79.9. The maximum absolute atomic E-state index is 12.1. The summed E-state index contributed by atoms with van der Waals surface area (Å²) >= 11 is 3.53. The SMILES string of the molecule is CCc1cc(Br)ccc1NCC1CCN(C(=O)OC(C)(C)C)CC1. The van der Waals surface area contributed by atoms with Gasteiger partial charge >= 0.3 is 6.09 Å². The molecule has 1 amide bonds. The van der Waals surface area contributed by atoms with Crippen molar-refractivity contribution >= 4 is 27.7 Å². The van der Waals surface area contributed by atoms with Crippen molar-refractivity contribution in [2.45, 2.75) is 52.6 Å². The summed E-state index contributed by atoms with van der Waals surface area (Å²) in [6, 6.07) is 6.39. The van der Waals surface area contributed by atoms with E-state index in [4.69, 9.17) is 4.74 Å². The Hall–Kier alpha value is -1.23. The minimum atomic E-state index is -0.423. The van der Waals surface area contributed by atoms with Gasteiger partial charge < -0.3 is 15.0 Å². The van der Waals surface area contributed by atoms with Crippen molar-refractivity contribution in [2.75, 3.05) is 25.0 Å². The van der Waals surface area contributed by atoms with Gasteiger partial charge in [-0.25, -0.2) is 4.79 Å². The van der Waals surface area contributed by atoms with E-state index in [1.807, 2.05) is 25.7 Å². The zero-order chi connectivity index (χ0) is 17.7. The molecule has 0 aliphatic carbocycles. The fourth-order valence-electron chi connectivity index (χ4n) is 2.93. The van der Waals surface area contributed by atoms with E-state index in [-0.39, 0.29) is 6.09 Å². The number of rotatable bonds is 4. The van der Waals surface area contributed by atoms with Gasteiger partial charge in [-0.1, -0.05) is 22.9 Å². The van der Waals surface area contributed by atoms with Crippen LogP contribution in [-0.2, 0) is 11.2 Å². The number of hydrogen-bond acceptors (Lipinski definition) is 3. The first-order valence-corrected chi connectivity index (χ1v) is 9.58. The zero-order valence-corrected chi connectivity index (χ0v) is 16.8. The van der Waals surface area contributed by atoms with Gasteiger partial charge in [0.15, 0.2) is 0 Å². The highest BCUT2D eigenvalue weighted by Gasteiger charge is 2.26. The van der Waals surface area contributed by atoms with Crippen molar-refractivity contribution in [3.8, 4) is 0 Å². The quantitative estimate of drug-likeness (QED) is 0.771. The summed E-state index contributed by atoms with van der Waals surface area (Å²) in [5.41, 5.74) is 2.12. The second-order valence-corrected chi connectivity index (χ2v) is 8.36. The Labute approximate surface area is 154 Å². The van der Waals surface area contributed by atoms with Gasteiger partial charge in [0.2, 0.25) is 0 Å². The van der Waals surface area contributed by atoms with Gasteiger partial charge in [-0.2, -0.15) is 0 Å². The van der Waals surface area contributed by atoms with Crippen LogP contribution >= 0.6 is 15.9 Å². The second-order valence-electron chi connectivity index (χ2n) is 7.45. The van der Waals surface area contributed by atoms with Gasteiger partial charge in [-0.15, -0.1) is 0 Å². The van der Waals surface area contributed by atoms with Crippen LogP contribution in [0.2, 0.25) is 0 Å². The number of piperidine rings is 1. The normalized spacial score (nSPS) is 16.1. The van der Waals surface area contributed by atoms with E-state index in [1.54, 1.807) is 0 Å². The Balaban J connectivity index is 1.80. The van der Waals surface area contributed by atoms with Crippen LogP contribution in [-0.4, -0.2) is 36.2 Å². The first-order chi connectivity index (χ1) is 11.3. The smallest absolute Gasteiger partial charge is 0.410 e. The lowest BCUT2D eigenvalue weighted by molar-refractivity contribution is 0.0188. The minimum absolute atomic E-state index is 0.185. The van der Waals surface area contributed by atoms with Gasteiger partial charge in [-0.3, -0.25) is 0 Å². The van der Waals surface area contributed by atoms with Crippen LogP contribution in [0.3, 0.4) is 0 Å². The molecule has 1 N–H and O–H groups in total. The van der Waals surface area contributed by atoms with Crippen LogP contribution in [0.1, 0.15) is 46.1 Å². The predicted molar refractivity (Wildman–Crippen MR) is 103 cm³/mol.